The average molecular weight is 403 g/mol. The summed E-state index contributed by atoms with van der Waals surface area (Å²) >= 11 is 0. The van der Waals surface area contributed by atoms with Gasteiger partial charge in [0.05, 0.1) is 0 Å². The first-order valence-electron chi connectivity index (χ1n) is 10.9. The standard InChI is InChI=1S/C22H31FN4O2/c23-19-8-6-18(7-9-19)16-26-14-15-27(22(26)29)17-21(28)25-12-10-24(11-13-25)20-4-2-1-3-5-20/h6-9,20H,1-5,10-17H2. The van der Waals surface area contributed by atoms with Crippen molar-refractivity contribution in [3.05, 3.63) is 35.6 Å². The Morgan fingerprint density at radius 2 is 1.55 bits per heavy atom. The third-order valence-corrected chi connectivity index (χ3v) is 6.55. The number of carbonyl (C=O) groups excluding carboxylic acids is 2. The monoisotopic (exact) mass is 402 g/mol. The van der Waals surface area contributed by atoms with Gasteiger partial charge >= 0.3 is 6.03 Å². The van der Waals surface area contributed by atoms with Crippen molar-refractivity contribution < 1.29 is 14.0 Å². The van der Waals surface area contributed by atoms with Crippen molar-refractivity contribution in [2.45, 2.75) is 44.7 Å². The van der Waals surface area contributed by atoms with Gasteiger partial charge in [0.2, 0.25) is 5.91 Å². The number of amides is 3. The Balaban J connectivity index is 1.23. The van der Waals surface area contributed by atoms with E-state index in [1.54, 1.807) is 21.9 Å². The summed E-state index contributed by atoms with van der Waals surface area (Å²) in [5.41, 5.74) is 0.895. The predicted molar refractivity (Wildman–Crippen MR) is 109 cm³/mol. The number of hydrogen-bond acceptors (Lipinski definition) is 3. The maximum Gasteiger partial charge on any atom is 0.320 e. The summed E-state index contributed by atoms with van der Waals surface area (Å²) in [5.74, 6) is -0.234. The summed E-state index contributed by atoms with van der Waals surface area (Å²) in [6.07, 6.45) is 6.60. The molecule has 0 N–H and O–H groups in total. The molecule has 1 aromatic rings. The smallest absolute Gasteiger partial charge is 0.320 e. The van der Waals surface area contributed by atoms with Gasteiger partial charge in [-0.3, -0.25) is 9.69 Å². The highest BCUT2D eigenvalue weighted by Crippen LogP contribution is 2.23. The predicted octanol–water partition coefficient (Wildman–Crippen LogP) is 2.54. The zero-order valence-corrected chi connectivity index (χ0v) is 17.1. The molecule has 6 nitrogen and oxygen atoms in total. The summed E-state index contributed by atoms with van der Waals surface area (Å²) in [6, 6.07) is 6.79. The van der Waals surface area contributed by atoms with Gasteiger partial charge in [-0.25, -0.2) is 9.18 Å². The molecule has 29 heavy (non-hydrogen) atoms. The number of urea groups is 1. The molecule has 2 heterocycles. The van der Waals surface area contributed by atoms with Crippen molar-refractivity contribution >= 4 is 11.9 Å². The number of rotatable bonds is 5. The molecule has 3 amide bonds. The molecule has 7 heteroatoms. The molecule has 1 aliphatic carbocycles. The Labute approximate surface area is 172 Å². The first-order valence-corrected chi connectivity index (χ1v) is 10.9. The van der Waals surface area contributed by atoms with Gasteiger partial charge in [0.1, 0.15) is 12.4 Å². The van der Waals surface area contributed by atoms with Crippen LogP contribution in [0.3, 0.4) is 0 Å². The van der Waals surface area contributed by atoms with E-state index in [4.69, 9.17) is 0 Å². The van der Waals surface area contributed by atoms with Crippen molar-refractivity contribution in [2.75, 3.05) is 45.8 Å². The molecular formula is C22H31FN4O2. The average Bonchev–Trinajstić information content (AvgIpc) is 3.09. The first kappa shape index (κ1) is 20.1. The molecule has 0 radical (unpaired) electrons. The second-order valence-corrected chi connectivity index (χ2v) is 8.46. The van der Waals surface area contributed by atoms with Crippen LogP contribution < -0.4 is 0 Å². The van der Waals surface area contributed by atoms with Crippen molar-refractivity contribution in [2.24, 2.45) is 0 Å². The fourth-order valence-corrected chi connectivity index (χ4v) is 4.78. The van der Waals surface area contributed by atoms with Crippen LogP contribution in [0.5, 0.6) is 0 Å². The molecule has 3 aliphatic rings. The number of carbonyl (C=O) groups is 2. The highest BCUT2D eigenvalue weighted by atomic mass is 19.1. The summed E-state index contributed by atoms with van der Waals surface area (Å²) in [6.45, 7) is 5.17. The number of nitrogens with zero attached hydrogens (tertiary/aromatic N) is 4. The van der Waals surface area contributed by atoms with Crippen LogP contribution in [-0.4, -0.2) is 83.4 Å². The lowest BCUT2D eigenvalue weighted by Gasteiger charge is -2.41. The van der Waals surface area contributed by atoms with Gasteiger partial charge in [0, 0.05) is 51.9 Å². The third-order valence-electron chi connectivity index (χ3n) is 6.55. The molecule has 1 saturated carbocycles. The van der Waals surface area contributed by atoms with Crippen molar-refractivity contribution in [3.8, 4) is 0 Å². The van der Waals surface area contributed by atoms with Gasteiger partial charge in [-0.05, 0) is 30.5 Å². The van der Waals surface area contributed by atoms with E-state index in [-0.39, 0.29) is 24.3 Å². The van der Waals surface area contributed by atoms with Crippen LogP contribution in [-0.2, 0) is 11.3 Å². The molecule has 2 aliphatic heterocycles. The minimum Gasteiger partial charge on any atom is -0.339 e. The fourth-order valence-electron chi connectivity index (χ4n) is 4.78. The number of benzene rings is 1. The molecular weight excluding hydrogens is 371 g/mol. The number of piperazine rings is 1. The Morgan fingerprint density at radius 1 is 0.897 bits per heavy atom. The van der Waals surface area contributed by atoms with Gasteiger partial charge in [-0.15, -0.1) is 0 Å². The SMILES string of the molecule is O=C(CN1CCN(Cc2ccc(F)cc2)C1=O)N1CCN(C2CCCCC2)CC1. The number of hydrogen-bond donors (Lipinski definition) is 0. The molecule has 0 spiro atoms. The van der Waals surface area contributed by atoms with Crippen LogP contribution in [0.25, 0.3) is 0 Å². The molecule has 158 valence electrons. The van der Waals surface area contributed by atoms with E-state index in [2.05, 4.69) is 4.90 Å². The Morgan fingerprint density at radius 3 is 2.24 bits per heavy atom. The maximum atomic E-state index is 13.1. The molecule has 0 atom stereocenters. The molecule has 0 aromatic heterocycles. The minimum atomic E-state index is -0.280. The van der Waals surface area contributed by atoms with E-state index in [1.807, 2.05) is 4.90 Å². The lowest BCUT2D eigenvalue weighted by atomic mass is 9.94. The lowest BCUT2D eigenvalue weighted by molar-refractivity contribution is -0.133. The van der Waals surface area contributed by atoms with Crippen LogP contribution in [0.1, 0.15) is 37.7 Å². The Kier molecular flexibility index (Phi) is 6.33. The summed E-state index contributed by atoms with van der Waals surface area (Å²) in [5, 5.41) is 0. The van der Waals surface area contributed by atoms with E-state index in [0.29, 0.717) is 25.7 Å². The van der Waals surface area contributed by atoms with Crippen LogP contribution in [0, 0.1) is 5.82 Å². The van der Waals surface area contributed by atoms with Crippen molar-refractivity contribution in [1.82, 2.24) is 19.6 Å². The third kappa shape index (κ3) is 4.89. The maximum absolute atomic E-state index is 13.1. The van der Waals surface area contributed by atoms with Gasteiger partial charge in [-0.2, -0.15) is 0 Å². The second kappa shape index (κ2) is 9.11. The summed E-state index contributed by atoms with van der Waals surface area (Å²) < 4.78 is 13.1. The van der Waals surface area contributed by atoms with E-state index >= 15 is 0 Å². The molecule has 1 aromatic carbocycles. The van der Waals surface area contributed by atoms with Crippen LogP contribution in [0.2, 0.25) is 0 Å². The summed E-state index contributed by atoms with van der Waals surface area (Å²) in [4.78, 5) is 33.2. The normalized spacial score (nSPS) is 21.8. The second-order valence-electron chi connectivity index (χ2n) is 8.46. The van der Waals surface area contributed by atoms with Crippen LogP contribution in [0.4, 0.5) is 9.18 Å². The van der Waals surface area contributed by atoms with E-state index < -0.39 is 0 Å². The van der Waals surface area contributed by atoms with E-state index in [1.165, 1.54) is 44.2 Å². The number of halogens is 1. The molecule has 3 fully saturated rings. The molecule has 0 unspecified atom stereocenters. The van der Waals surface area contributed by atoms with Gasteiger partial charge < -0.3 is 14.7 Å². The lowest BCUT2D eigenvalue weighted by Crippen LogP contribution is -2.54. The summed E-state index contributed by atoms with van der Waals surface area (Å²) in [7, 11) is 0. The van der Waals surface area contributed by atoms with Gasteiger partial charge in [0.25, 0.3) is 0 Å². The first-order chi connectivity index (χ1) is 14.1. The van der Waals surface area contributed by atoms with Crippen LogP contribution >= 0.6 is 0 Å². The quantitative estimate of drug-likeness (QED) is 0.761. The topological polar surface area (TPSA) is 47.1 Å². The minimum absolute atomic E-state index is 0.0466. The van der Waals surface area contributed by atoms with Gasteiger partial charge in [-0.1, -0.05) is 31.4 Å². The van der Waals surface area contributed by atoms with E-state index in [0.717, 1.165) is 31.7 Å². The van der Waals surface area contributed by atoms with E-state index in [9.17, 15) is 14.0 Å². The van der Waals surface area contributed by atoms with Crippen molar-refractivity contribution in [1.29, 1.82) is 0 Å². The van der Waals surface area contributed by atoms with Crippen LogP contribution in [0.15, 0.2) is 24.3 Å². The Hall–Kier alpha value is -2.15. The Bertz CT molecular complexity index is 712. The van der Waals surface area contributed by atoms with Gasteiger partial charge in [0.15, 0.2) is 0 Å². The highest BCUT2D eigenvalue weighted by molar-refractivity contribution is 5.85. The zero-order valence-electron chi connectivity index (χ0n) is 17.1. The highest BCUT2D eigenvalue weighted by Gasteiger charge is 2.32. The zero-order chi connectivity index (χ0) is 20.2. The molecule has 0 bridgehead atoms. The molecule has 2 saturated heterocycles. The fraction of sp³-hybridized carbons (Fsp3) is 0.636. The largest absolute Gasteiger partial charge is 0.339 e. The molecule has 4 rings (SSSR count). The van der Waals surface area contributed by atoms with Crippen molar-refractivity contribution in [3.63, 3.8) is 0 Å².